The lowest BCUT2D eigenvalue weighted by molar-refractivity contribution is -0.249. The third-order valence-corrected chi connectivity index (χ3v) is 3.33. The first-order valence-corrected chi connectivity index (χ1v) is 6.39. The molecule has 0 fully saturated rings. The fourth-order valence-electron chi connectivity index (χ4n) is 1.89. The topological polar surface area (TPSA) is 80.0 Å². The zero-order valence-corrected chi connectivity index (χ0v) is 12.2. The molecule has 0 saturated heterocycles. The molecule has 0 radical (unpaired) electrons. The van der Waals surface area contributed by atoms with Crippen LogP contribution in [0, 0.1) is 6.92 Å². The number of rotatable bonds is 3. The molecule has 9 heteroatoms. The molecule has 2 heterocycles. The minimum Gasteiger partial charge on any atom is -0.379 e. The van der Waals surface area contributed by atoms with Gasteiger partial charge in [-0.3, -0.25) is 9.48 Å². The minimum atomic E-state index is -4.83. The molecular formula is C13H15F3N4O2. The van der Waals surface area contributed by atoms with Crippen molar-refractivity contribution in [3.05, 3.63) is 23.5 Å². The number of nitrogens with one attached hydrogen (secondary N) is 1. The van der Waals surface area contributed by atoms with E-state index >= 15 is 0 Å². The van der Waals surface area contributed by atoms with Gasteiger partial charge in [0.05, 0.1) is 17.8 Å². The quantitative estimate of drug-likeness (QED) is 0.895. The molecule has 0 saturated carbocycles. The SMILES string of the molecule is Cc1nn(C)c2ncc(C(=O)NCC(C)(O)C(F)(F)F)cc12. The number of fused-ring (bicyclic) bond motifs is 1. The van der Waals surface area contributed by atoms with E-state index in [2.05, 4.69) is 15.4 Å². The molecule has 2 aromatic heterocycles. The van der Waals surface area contributed by atoms with Gasteiger partial charge in [-0.25, -0.2) is 4.98 Å². The normalized spacial score (nSPS) is 14.9. The van der Waals surface area contributed by atoms with Crippen LogP contribution in [0.4, 0.5) is 13.2 Å². The van der Waals surface area contributed by atoms with E-state index in [4.69, 9.17) is 0 Å². The van der Waals surface area contributed by atoms with Crippen molar-refractivity contribution in [3.8, 4) is 0 Å². The van der Waals surface area contributed by atoms with Crippen molar-refractivity contribution in [1.29, 1.82) is 0 Å². The number of carbonyl (C=O) groups excluding carboxylic acids is 1. The van der Waals surface area contributed by atoms with Crippen molar-refractivity contribution in [3.63, 3.8) is 0 Å². The van der Waals surface area contributed by atoms with E-state index in [1.807, 2.05) is 0 Å². The molecule has 0 aromatic carbocycles. The van der Waals surface area contributed by atoms with Gasteiger partial charge in [-0.05, 0) is 19.9 Å². The largest absolute Gasteiger partial charge is 0.418 e. The van der Waals surface area contributed by atoms with Crippen molar-refractivity contribution in [2.24, 2.45) is 7.05 Å². The summed E-state index contributed by atoms with van der Waals surface area (Å²) in [4.78, 5) is 16.0. The van der Waals surface area contributed by atoms with Gasteiger partial charge in [0.25, 0.3) is 5.91 Å². The molecule has 0 aliphatic heterocycles. The second kappa shape index (κ2) is 5.24. The number of carbonyl (C=O) groups is 1. The molecule has 2 N–H and O–H groups in total. The van der Waals surface area contributed by atoms with E-state index in [-0.39, 0.29) is 5.56 Å². The Morgan fingerprint density at radius 2 is 2.09 bits per heavy atom. The molecule has 0 spiro atoms. The first-order chi connectivity index (χ1) is 10.0. The van der Waals surface area contributed by atoms with Crippen molar-refractivity contribution in [2.75, 3.05) is 6.54 Å². The van der Waals surface area contributed by atoms with Gasteiger partial charge in [0.15, 0.2) is 11.2 Å². The highest BCUT2D eigenvalue weighted by atomic mass is 19.4. The molecule has 0 aliphatic carbocycles. The van der Waals surface area contributed by atoms with E-state index in [0.717, 1.165) is 0 Å². The summed E-state index contributed by atoms with van der Waals surface area (Å²) in [6, 6.07) is 1.50. The number of aliphatic hydroxyl groups is 1. The number of hydrogen-bond donors (Lipinski definition) is 2. The highest BCUT2D eigenvalue weighted by Crippen LogP contribution is 2.29. The summed E-state index contributed by atoms with van der Waals surface area (Å²) in [5, 5.41) is 16.1. The summed E-state index contributed by atoms with van der Waals surface area (Å²) < 4.78 is 39.1. The van der Waals surface area contributed by atoms with Crippen molar-refractivity contribution >= 4 is 16.9 Å². The summed E-state index contributed by atoms with van der Waals surface area (Å²) in [5.74, 6) is -0.748. The van der Waals surface area contributed by atoms with Gasteiger partial charge in [0, 0.05) is 18.6 Å². The summed E-state index contributed by atoms with van der Waals surface area (Å²) in [7, 11) is 1.70. The Kier molecular flexibility index (Phi) is 3.86. The Morgan fingerprint density at radius 3 is 2.68 bits per heavy atom. The lowest BCUT2D eigenvalue weighted by atomic mass is 10.1. The maximum atomic E-state index is 12.5. The number of alkyl halides is 3. The number of pyridine rings is 1. The third kappa shape index (κ3) is 2.89. The fraction of sp³-hybridized carbons (Fsp3) is 0.462. The van der Waals surface area contributed by atoms with E-state index < -0.39 is 24.2 Å². The predicted octanol–water partition coefficient (Wildman–Crippen LogP) is 1.32. The molecule has 0 bridgehead atoms. The van der Waals surface area contributed by atoms with Gasteiger partial charge < -0.3 is 10.4 Å². The molecule has 1 amide bonds. The monoisotopic (exact) mass is 316 g/mol. The molecular weight excluding hydrogens is 301 g/mol. The summed E-state index contributed by atoms with van der Waals surface area (Å²) in [6.07, 6.45) is -3.58. The predicted molar refractivity (Wildman–Crippen MR) is 72.3 cm³/mol. The van der Waals surface area contributed by atoms with E-state index in [1.54, 1.807) is 18.7 Å². The smallest absolute Gasteiger partial charge is 0.379 e. The number of hydrogen-bond acceptors (Lipinski definition) is 4. The molecule has 2 rings (SSSR count). The molecule has 22 heavy (non-hydrogen) atoms. The molecule has 1 atom stereocenters. The van der Waals surface area contributed by atoms with Crippen LogP contribution < -0.4 is 5.32 Å². The zero-order valence-electron chi connectivity index (χ0n) is 12.2. The Hall–Kier alpha value is -2.16. The number of amides is 1. The highest BCUT2D eigenvalue weighted by Gasteiger charge is 2.49. The number of halogens is 3. The maximum Gasteiger partial charge on any atom is 0.418 e. The summed E-state index contributed by atoms with van der Waals surface area (Å²) in [5.41, 5.74) is -1.68. The van der Waals surface area contributed by atoms with Crippen LogP contribution in [0.5, 0.6) is 0 Å². The van der Waals surface area contributed by atoms with E-state index in [1.165, 1.54) is 12.3 Å². The summed E-state index contributed by atoms with van der Waals surface area (Å²) >= 11 is 0. The van der Waals surface area contributed by atoms with Gasteiger partial charge in [-0.2, -0.15) is 18.3 Å². The Balaban J connectivity index is 2.19. The van der Waals surface area contributed by atoms with Crippen LogP contribution in [0.25, 0.3) is 11.0 Å². The van der Waals surface area contributed by atoms with Gasteiger partial charge in [-0.15, -0.1) is 0 Å². The van der Waals surface area contributed by atoms with Crippen LogP contribution in [0.2, 0.25) is 0 Å². The van der Waals surface area contributed by atoms with Crippen molar-refractivity contribution in [1.82, 2.24) is 20.1 Å². The maximum absolute atomic E-state index is 12.5. The van der Waals surface area contributed by atoms with Gasteiger partial charge >= 0.3 is 6.18 Å². The standard InChI is InChI=1S/C13H15F3N4O2/c1-7-9-4-8(5-17-10(9)20(3)19-7)11(21)18-6-12(2,22)13(14,15)16/h4-5,22H,6H2,1-3H3,(H,18,21). The van der Waals surface area contributed by atoms with E-state index in [9.17, 15) is 23.1 Å². The average molecular weight is 316 g/mol. The Bertz CT molecular complexity index is 722. The molecule has 6 nitrogen and oxygen atoms in total. The Morgan fingerprint density at radius 1 is 1.45 bits per heavy atom. The lowest BCUT2D eigenvalue weighted by Gasteiger charge is -2.26. The first kappa shape index (κ1) is 16.2. The van der Waals surface area contributed by atoms with Crippen LogP contribution in [-0.2, 0) is 7.05 Å². The average Bonchev–Trinajstić information content (AvgIpc) is 2.70. The van der Waals surface area contributed by atoms with Crippen LogP contribution in [0.1, 0.15) is 23.0 Å². The number of aromatic nitrogens is 3. The van der Waals surface area contributed by atoms with Crippen LogP contribution >= 0.6 is 0 Å². The van der Waals surface area contributed by atoms with Crippen LogP contribution in [-0.4, -0.2) is 44.1 Å². The second-order valence-electron chi connectivity index (χ2n) is 5.26. The van der Waals surface area contributed by atoms with Crippen molar-refractivity contribution < 1.29 is 23.1 Å². The van der Waals surface area contributed by atoms with E-state index in [0.29, 0.717) is 23.7 Å². The summed E-state index contributed by atoms with van der Waals surface area (Å²) in [6.45, 7) is 1.39. The fourth-order valence-corrected chi connectivity index (χ4v) is 1.89. The third-order valence-electron chi connectivity index (χ3n) is 3.33. The van der Waals surface area contributed by atoms with Crippen LogP contribution in [0.3, 0.4) is 0 Å². The highest BCUT2D eigenvalue weighted by molar-refractivity contribution is 5.97. The number of aryl methyl sites for hydroxylation is 2. The van der Waals surface area contributed by atoms with Gasteiger partial charge in [0.2, 0.25) is 0 Å². The molecule has 1 unspecified atom stereocenters. The van der Waals surface area contributed by atoms with Crippen molar-refractivity contribution in [2.45, 2.75) is 25.6 Å². The second-order valence-corrected chi connectivity index (χ2v) is 5.26. The van der Waals surface area contributed by atoms with Crippen LogP contribution in [0.15, 0.2) is 12.3 Å². The minimum absolute atomic E-state index is 0.0987. The number of nitrogens with zero attached hydrogens (tertiary/aromatic N) is 3. The van der Waals surface area contributed by atoms with Gasteiger partial charge in [0.1, 0.15) is 0 Å². The van der Waals surface area contributed by atoms with Gasteiger partial charge in [-0.1, -0.05) is 0 Å². The first-order valence-electron chi connectivity index (χ1n) is 6.39. The molecule has 120 valence electrons. The zero-order chi connectivity index (χ0) is 16.7. The molecule has 2 aromatic rings. The molecule has 0 aliphatic rings. The lowest BCUT2D eigenvalue weighted by Crippen LogP contribution is -2.51. The Labute approximate surface area is 123 Å².